The van der Waals surface area contributed by atoms with E-state index in [1.54, 1.807) is 0 Å². The zero-order chi connectivity index (χ0) is 40.0. The van der Waals surface area contributed by atoms with Gasteiger partial charge in [0.05, 0.1) is 32.0 Å². The summed E-state index contributed by atoms with van der Waals surface area (Å²) in [6.07, 6.45) is 2.49. The van der Waals surface area contributed by atoms with Crippen molar-refractivity contribution in [3.05, 3.63) is 103 Å². The van der Waals surface area contributed by atoms with Crippen LogP contribution >= 0.6 is 15.6 Å². The van der Waals surface area contributed by atoms with Gasteiger partial charge in [-0.2, -0.15) is 4.31 Å². The van der Waals surface area contributed by atoms with Gasteiger partial charge in [0.2, 0.25) is 0 Å². The number of benzene rings is 2. The van der Waals surface area contributed by atoms with Crippen molar-refractivity contribution in [3.8, 4) is 11.5 Å². The SMILES string of the molecule is CCCCC(=O)Oc1ccc(COP(=O)(OCc2ccc(OC(=O)CCCC)cc2)OP(=O)(O)OC[C@H]2O[C@@H](n3cc(C)c(=O)[nH]c3=O)CC2N=[N+]=[N-])cc1. The van der Waals surface area contributed by atoms with Crippen LogP contribution in [0.3, 0.4) is 0 Å². The molecule has 2 aromatic carbocycles. The summed E-state index contributed by atoms with van der Waals surface area (Å²) in [6.45, 7) is 3.73. The zero-order valence-corrected chi connectivity index (χ0v) is 32.2. The number of phosphoric acid groups is 2. The van der Waals surface area contributed by atoms with E-state index >= 15 is 0 Å². The molecule has 4 rings (SSSR count). The second-order valence-electron chi connectivity index (χ2n) is 12.4. The van der Waals surface area contributed by atoms with E-state index in [2.05, 4.69) is 15.0 Å². The molecule has 0 radical (unpaired) electrons. The van der Waals surface area contributed by atoms with Gasteiger partial charge in [-0.15, -0.1) is 0 Å². The minimum absolute atomic E-state index is 0.0573. The maximum absolute atomic E-state index is 13.9. The van der Waals surface area contributed by atoms with Gasteiger partial charge in [-0.25, -0.2) is 13.9 Å². The number of esters is 2. The number of unbranched alkanes of at least 4 members (excludes halogenated alkanes) is 2. The molecule has 4 atom stereocenters. The van der Waals surface area contributed by atoms with E-state index in [9.17, 15) is 33.2 Å². The van der Waals surface area contributed by atoms with Gasteiger partial charge in [0.25, 0.3) is 5.56 Å². The summed E-state index contributed by atoms with van der Waals surface area (Å²) < 4.78 is 65.7. The van der Waals surface area contributed by atoms with Gasteiger partial charge >= 0.3 is 33.3 Å². The molecule has 19 nitrogen and oxygen atoms in total. The smallest absolute Gasteiger partial charge is 0.427 e. The molecule has 2 heterocycles. The lowest BCUT2D eigenvalue weighted by Crippen LogP contribution is -2.33. The lowest BCUT2D eigenvalue weighted by molar-refractivity contribution is -0.135. The predicted molar refractivity (Wildman–Crippen MR) is 195 cm³/mol. The molecule has 0 amide bonds. The average molecular weight is 808 g/mol. The van der Waals surface area contributed by atoms with Crippen LogP contribution in [0.1, 0.15) is 81.7 Å². The first kappa shape index (κ1) is 43.3. The Morgan fingerprint density at radius 2 is 1.45 bits per heavy atom. The summed E-state index contributed by atoms with van der Waals surface area (Å²) in [4.78, 5) is 63.9. The van der Waals surface area contributed by atoms with Crippen molar-refractivity contribution < 1.29 is 55.7 Å². The minimum Gasteiger partial charge on any atom is -0.427 e. The normalized spacial score (nSPS) is 17.9. The van der Waals surface area contributed by atoms with Crippen molar-refractivity contribution in [1.29, 1.82) is 0 Å². The number of hydrogen-bond donors (Lipinski definition) is 2. The number of carbonyl (C=O) groups excluding carboxylic acids is 2. The monoisotopic (exact) mass is 807 g/mol. The molecule has 55 heavy (non-hydrogen) atoms. The third-order valence-electron chi connectivity index (χ3n) is 8.02. The highest BCUT2D eigenvalue weighted by Crippen LogP contribution is 2.64. The van der Waals surface area contributed by atoms with E-state index < -0.39 is 77.0 Å². The summed E-state index contributed by atoms with van der Waals surface area (Å²) in [6, 6.07) is 11.0. The number of H-pyrrole nitrogens is 1. The number of hydrogen-bond acceptors (Lipinski definition) is 14. The van der Waals surface area contributed by atoms with Gasteiger partial charge in [-0.05, 0) is 60.7 Å². The number of nitrogens with zero attached hydrogens (tertiary/aromatic N) is 4. The highest BCUT2D eigenvalue weighted by molar-refractivity contribution is 7.61. The number of aromatic amines is 1. The summed E-state index contributed by atoms with van der Waals surface area (Å²) in [5.74, 6) is -0.264. The molecule has 1 aliphatic heterocycles. The fourth-order valence-corrected chi connectivity index (χ4v) is 7.65. The number of ether oxygens (including phenoxy) is 3. The Hall–Kier alpha value is -4.41. The first-order valence-electron chi connectivity index (χ1n) is 17.4. The first-order valence-corrected chi connectivity index (χ1v) is 20.4. The predicted octanol–water partition coefficient (Wildman–Crippen LogP) is 6.68. The fraction of sp³-hybridized carbons (Fsp3) is 0.471. The van der Waals surface area contributed by atoms with Crippen molar-refractivity contribution >= 4 is 27.6 Å². The minimum atomic E-state index is -5.30. The first-order chi connectivity index (χ1) is 26.2. The zero-order valence-electron chi connectivity index (χ0n) is 30.4. The lowest BCUT2D eigenvalue weighted by atomic mass is 10.1. The van der Waals surface area contributed by atoms with Gasteiger partial charge in [0.15, 0.2) is 0 Å². The van der Waals surface area contributed by atoms with Crippen LogP contribution in [0.4, 0.5) is 0 Å². The van der Waals surface area contributed by atoms with E-state index in [-0.39, 0.29) is 36.3 Å². The maximum atomic E-state index is 13.9. The highest BCUT2D eigenvalue weighted by atomic mass is 31.3. The van der Waals surface area contributed by atoms with E-state index in [0.717, 1.165) is 17.4 Å². The van der Waals surface area contributed by atoms with Crippen molar-refractivity contribution in [2.75, 3.05) is 6.61 Å². The quantitative estimate of drug-likeness (QED) is 0.0284. The number of carbonyl (C=O) groups is 2. The van der Waals surface area contributed by atoms with Gasteiger partial charge in [0, 0.05) is 35.9 Å². The summed E-state index contributed by atoms with van der Waals surface area (Å²) in [5.41, 5.74) is 8.71. The third-order valence-corrected chi connectivity index (χ3v) is 11.0. The number of aromatic nitrogens is 2. The van der Waals surface area contributed by atoms with Crippen molar-refractivity contribution in [2.45, 2.75) is 97.3 Å². The molecule has 2 unspecified atom stereocenters. The summed E-state index contributed by atoms with van der Waals surface area (Å²) >= 11 is 0. The largest absolute Gasteiger partial charge is 0.484 e. The molecule has 0 saturated carbocycles. The fourth-order valence-electron chi connectivity index (χ4n) is 5.05. The molecule has 21 heteroatoms. The van der Waals surface area contributed by atoms with Gasteiger partial charge in [-0.3, -0.25) is 37.5 Å². The van der Waals surface area contributed by atoms with E-state index in [4.69, 9.17) is 37.6 Å². The van der Waals surface area contributed by atoms with Crippen LogP contribution in [0, 0.1) is 6.92 Å². The molecule has 1 aliphatic rings. The molecule has 0 spiro atoms. The molecule has 3 aromatic rings. The average Bonchev–Trinajstić information content (AvgIpc) is 3.55. The molecule has 1 aromatic heterocycles. The van der Waals surface area contributed by atoms with Crippen LogP contribution in [0.25, 0.3) is 10.4 Å². The topological polar surface area (TPSA) is 257 Å². The highest BCUT2D eigenvalue weighted by Gasteiger charge is 2.42. The molecule has 2 N–H and O–H groups in total. The molecule has 0 aliphatic carbocycles. The van der Waals surface area contributed by atoms with Crippen LogP contribution < -0.4 is 20.7 Å². The van der Waals surface area contributed by atoms with Gasteiger partial charge < -0.3 is 19.1 Å². The van der Waals surface area contributed by atoms with Crippen LogP contribution in [0.5, 0.6) is 11.5 Å². The Bertz CT molecular complexity index is 1960. The Morgan fingerprint density at radius 3 is 1.95 bits per heavy atom. The number of rotatable bonds is 21. The summed E-state index contributed by atoms with van der Waals surface area (Å²) in [7, 11) is -10.2. The molecular weight excluding hydrogens is 764 g/mol. The van der Waals surface area contributed by atoms with Crippen LogP contribution in [-0.2, 0) is 54.6 Å². The van der Waals surface area contributed by atoms with Gasteiger partial charge in [0.1, 0.15) is 17.7 Å². The standard InChI is InChI=1S/C34H43N5O14P2/c1-4-6-8-31(40)50-26-14-10-24(11-15-26)20-48-55(46,49-21-25-12-16-27(17-13-25)51-32(41)9-7-5-2)53-54(44,45)47-22-29-28(37-38-35)18-30(52-29)39-19-23(3)33(42)36-34(39)43/h10-17,19,28-30H,4-9,18,20-22H2,1-3H3,(H,44,45)(H,36,42,43)/t28?,29-,30-/m1/s1. The maximum Gasteiger partial charge on any atom is 0.484 e. The Kier molecular flexibility index (Phi) is 16.1. The van der Waals surface area contributed by atoms with Crippen molar-refractivity contribution in [2.24, 2.45) is 5.11 Å². The second kappa shape index (κ2) is 20.5. The number of nitrogens with one attached hydrogen (secondary N) is 1. The molecular formula is C34H43N5O14P2. The molecule has 1 fully saturated rings. The van der Waals surface area contributed by atoms with E-state index in [1.165, 1.54) is 61.7 Å². The number of aryl methyl sites for hydroxylation is 1. The Labute approximate surface area is 315 Å². The van der Waals surface area contributed by atoms with Gasteiger partial charge in [-0.1, -0.05) is 56.1 Å². The third kappa shape index (κ3) is 13.7. The number of azide groups is 1. The molecule has 1 saturated heterocycles. The lowest BCUT2D eigenvalue weighted by Gasteiger charge is -2.22. The molecule has 298 valence electrons. The Morgan fingerprint density at radius 1 is 0.927 bits per heavy atom. The Balaban J connectivity index is 1.46. The van der Waals surface area contributed by atoms with Crippen LogP contribution in [-0.4, -0.2) is 45.1 Å². The second-order valence-corrected chi connectivity index (χ2v) is 15.7. The molecule has 0 bridgehead atoms. The van der Waals surface area contributed by atoms with Crippen LogP contribution in [0.2, 0.25) is 0 Å². The van der Waals surface area contributed by atoms with Crippen molar-refractivity contribution in [1.82, 2.24) is 9.55 Å². The number of phosphoric ester groups is 2. The summed E-state index contributed by atoms with van der Waals surface area (Å²) in [5, 5.41) is 3.64. The van der Waals surface area contributed by atoms with E-state index in [0.29, 0.717) is 24.0 Å². The van der Waals surface area contributed by atoms with Crippen LogP contribution in [0.15, 0.2) is 69.4 Å². The van der Waals surface area contributed by atoms with E-state index in [1.807, 2.05) is 13.8 Å². The van der Waals surface area contributed by atoms with Crippen molar-refractivity contribution in [3.63, 3.8) is 0 Å².